The zero-order valence-electron chi connectivity index (χ0n) is 14.6. The topological polar surface area (TPSA) is 51.2 Å². The molecule has 0 aliphatic carbocycles. The fourth-order valence-electron chi connectivity index (χ4n) is 2.50. The number of benzene rings is 2. The van der Waals surface area contributed by atoms with E-state index in [0.29, 0.717) is 22.0 Å². The zero-order valence-corrected chi connectivity index (χ0v) is 15.3. The maximum Gasteiger partial charge on any atom is 0.255 e. The Morgan fingerprint density at radius 1 is 1.08 bits per heavy atom. The number of pyridine rings is 1. The van der Waals surface area contributed by atoms with Gasteiger partial charge in [0.05, 0.1) is 16.8 Å². The van der Waals surface area contributed by atoms with Crippen molar-refractivity contribution >= 4 is 23.2 Å². The van der Waals surface area contributed by atoms with E-state index in [2.05, 4.69) is 10.3 Å². The summed E-state index contributed by atoms with van der Waals surface area (Å²) in [5.41, 5.74) is 2.79. The molecule has 0 bridgehead atoms. The highest BCUT2D eigenvalue weighted by molar-refractivity contribution is 6.33. The summed E-state index contributed by atoms with van der Waals surface area (Å²) in [5.74, 6) is 0.531. The zero-order chi connectivity index (χ0) is 18.5. The van der Waals surface area contributed by atoms with E-state index in [1.807, 2.05) is 44.2 Å². The first-order chi connectivity index (χ1) is 12.5. The summed E-state index contributed by atoms with van der Waals surface area (Å²) >= 11 is 6.17. The highest BCUT2D eigenvalue weighted by atomic mass is 35.5. The second kappa shape index (κ2) is 8.02. The molecule has 1 amide bonds. The summed E-state index contributed by atoms with van der Waals surface area (Å²) in [4.78, 5) is 16.7. The Labute approximate surface area is 157 Å². The van der Waals surface area contributed by atoms with Gasteiger partial charge < -0.3 is 10.1 Å². The van der Waals surface area contributed by atoms with Crippen LogP contribution in [0.3, 0.4) is 0 Å². The number of nitrogens with zero attached hydrogens (tertiary/aromatic N) is 1. The molecule has 132 valence electrons. The van der Waals surface area contributed by atoms with Gasteiger partial charge in [-0.1, -0.05) is 29.8 Å². The largest absolute Gasteiger partial charge is 0.491 e. The fraction of sp³-hybridized carbons (Fsp3) is 0.143. The molecule has 1 heterocycles. The van der Waals surface area contributed by atoms with E-state index >= 15 is 0 Å². The van der Waals surface area contributed by atoms with Crippen molar-refractivity contribution < 1.29 is 9.53 Å². The summed E-state index contributed by atoms with van der Waals surface area (Å²) in [6.45, 7) is 3.92. The SMILES string of the molecule is CC(C)Oc1cccc(NC(=O)c2ccc(-c3ncccc3Cl)cc2)c1. The van der Waals surface area contributed by atoms with E-state index in [0.717, 1.165) is 11.3 Å². The second-order valence-electron chi connectivity index (χ2n) is 6.06. The highest BCUT2D eigenvalue weighted by Gasteiger charge is 2.09. The number of halogens is 1. The van der Waals surface area contributed by atoms with Crippen molar-refractivity contribution in [3.63, 3.8) is 0 Å². The minimum absolute atomic E-state index is 0.0758. The van der Waals surface area contributed by atoms with Gasteiger partial charge in [0.15, 0.2) is 0 Å². The number of amides is 1. The lowest BCUT2D eigenvalue weighted by atomic mass is 10.1. The van der Waals surface area contributed by atoms with E-state index < -0.39 is 0 Å². The van der Waals surface area contributed by atoms with Crippen LogP contribution in [0.4, 0.5) is 5.69 Å². The first-order valence-electron chi connectivity index (χ1n) is 8.32. The predicted molar refractivity (Wildman–Crippen MR) is 105 cm³/mol. The molecule has 1 aromatic heterocycles. The standard InChI is InChI=1S/C21H19ClN2O2/c1-14(2)26-18-6-3-5-17(13-18)24-21(25)16-10-8-15(9-11-16)20-19(22)7-4-12-23-20/h3-14H,1-2H3,(H,24,25). The Hall–Kier alpha value is -2.85. The van der Waals surface area contributed by atoms with Crippen molar-refractivity contribution in [2.45, 2.75) is 20.0 Å². The van der Waals surface area contributed by atoms with Crippen LogP contribution in [0.15, 0.2) is 66.9 Å². The average Bonchev–Trinajstić information content (AvgIpc) is 2.62. The van der Waals surface area contributed by atoms with Crippen molar-refractivity contribution in [1.82, 2.24) is 4.98 Å². The lowest BCUT2D eigenvalue weighted by molar-refractivity contribution is 0.102. The van der Waals surface area contributed by atoms with Crippen molar-refractivity contribution in [2.24, 2.45) is 0 Å². The Bertz CT molecular complexity index is 908. The molecule has 0 saturated carbocycles. The lowest BCUT2D eigenvalue weighted by Gasteiger charge is -2.11. The summed E-state index contributed by atoms with van der Waals surface area (Å²) in [7, 11) is 0. The van der Waals surface area contributed by atoms with Gasteiger partial charge in [0.1, 0.15) is 5.75 Å². The van der Waals surface area contributed by atoms with Crippen LogP contribution >= 0.6 is 11.6 Å². The maximum absolute atomic E-state index is 12.5. The van der Waals surface area contributed by atoms with Crippen molar-refractivity contribution in [2.75, 3.05) is 5.32 Å². The number of hydrogen-bond donors (Lipinski definition) is 1. The molecule has 0 spiro atoms. The molecule has 0 saturated heterocycles. The summed E-state index contributed by atoms with van der Waals surface area (Å²) in [6, 6.07) is 18.1. The number of ether oxygens (including phenoxy) is 1. The molecule has 1 N–H and O–H groups in total. The van der Waals surface area contributed by atoms with Crippen LogP contribution in [0.1, 0.15) is 24.2 Å². The smallest absolute Gasteiger partial charge is 0.255 e. The molecule has 0 aliphatic heterocycles. The summed E-state index contributed by atoms with van der Waals surface area (Å²) in [5, 5.41) is 3.46. The van der Waals surface area contributed by atoms with Gasteiger partial charge in [-0.25, -0.2) is 0 Å². The third kappa shape index (κ3) is 4.41. The van der Waals surface area contributed by atoms with E-state index in [4.69, 9.17) is 16.3 Å². The summed E-state index contributed by atoms with van der Waals surface area (Å²) in [6.07, 6.45) is 1.76. The Morgan fingerprint density at radius 3 is 2.54 bits per heavy atom. The van der Waals surface area contributed by atoms with Gasteiger partial charge in [0, 0.05) is 29.1 Å². The molecule has 3 aromatic rings. The van der Waals surface area contributed by atoms with Gasteiger partial charge in [-0.15, -0.1) is 0 Å². The molecule has 0 unspecified atom stereocenters. The molecule has 0 radical (unpaired) electrons. The van der Waals surface area contributed by atoms with Crippen LogP contribution in [0, 0.1) is 0 Å². The number of rotatable bonds is 5. The van der Waals surface area contributed by atoms with Crippen molar-refractivity contribution in [1.29, 1.82) is 0 Å². The van der Waals surface area contributed by atoms with E-state index in [9.17, 15) is 4.79 Å². The average molecular weight is 367 g/mol. The fourth-order valence-corrected chi connectivity index (χ4v) is 2.73. The van der Waals surface area contributed by atoms with Gasteiger partial charge in [-0.3, -0.25) is 9.78 Å². The van der Waals surface area contributed by atoms with Gasteiger partial charge in [-0.2, -0.15) is 0 Å². The number of carbonyl (C=O) groups is 1. The van der Waals surface area contributed by atoms with Crippen LogP contribution in [-0.2, 0) is 0 Å². The third-order valence-corrected chi connectivity index (χ3v) is 3.95. The van der Waals surface area contributed by atoms with Crippen LogP contribution in [-0.4, -0.2) is 17.0 Å². The first-order valence-corrected chi connectivity index (χ1v) is 8.70. The number of anilines is 1. The number of aromatic nitrogens is 1. The van der Waals surface area contributed by atoms with E-state index in [1.165, 1.54) is 0 Å². The Balaban J connectivity index is 1.74. The number of hydrogen-bond acceptors (Lipinski definition) is 3. The van der Waals surface area contributed by atoms with Gasteiger partial charge in [0.2, 0.25) is 0 Å². The second-order valence-corrected chi connectivity index (χ2v) is 6.47. The van der Waals surface area contributed by atoms with E-state index in [-0.39, 0.29) is 12.0 Å². The monoisotopic (exact) mass is 366 g/mol. The molecular weight excluding hydrogens is 348 g/mol. The van der Waals surface area contributed by atoms with Crippen LogP contribution in [0.2, 0.25) is 5.02 Å². The molecule has 0 fully saturated rings. The lowest BCUT2D eigenvalue weighted by Crippen LogP contribution is -2.12. The molecule has 2 aromatic carbocycles. The minimum atomic E-state index is -0.189. The molecule has 26 heavy (non-hydrogen) atoms. The van der Waals surface area contributed by atoms with Crippen molar-refractivity contribution in [3.05, 3.63) is 77.4 Å². The molecular formula is C21H19ClN2O2. The Kier molecular flexibility index (Phi) is 5.54. The summed E-state index contributed by atoms with van der Waals surface area (Å²) < 4.78 is 5.65. The minimum Gasteiger partial charge on any atom is -0.491 e. The predicted octanol–water partition coefficient (Wildman–Crippen LogP) is 5.44. The molecule has 4 nitrogen and oxygen atoms in total. The molecule has 3 rings (SSSR count). The van der Waals surface area contributed by atoms with Gasteiger partial charge in [0.25, 0.3) is 5.91 Å². The maximum atomic E-state index is 12.5. The van der Waals surface area contributed by atoms with Crippen molar-refractivity contribution in [3.8, 4) is 17.0 Å². The quantitative estimate of drug-likeness (QED) is 0.654. The Morgan fingerprint density at radius 2 is 1.85 bits per heavy atom. The van der Waals surface area contributed by atoms with Crippen LogP contribution in [0.5, 0.6) is 5.75 Å². The van der Waals surface area contributed by atoms with Gasteiger partial charge in [-0.05, 0) is 50.2 Å². The van der Waals surface area contributed by atoms with Crippen LogP contribution in [0.25, 0.3) is 11.3 Å². The molecule has 0 aliphatic rings. The third-order valence-electron chi connectivity index (χ3n) is 3.64. The normalized spacial score (nSPS) is 10.6. The van der Waals surface area contributed by atoms with Crippen LogP contribution < -0.4 is 10.1 Å². The van der Waals surface area contributed by atoms with Gasteiger partial charge >= 0.3 is 0 Å². The van der Waals surface area contributed by atoms with E-state index in [1.54, 1.807) is 36.5 Å². The first kappa shape index (κ1) is 18.0. The highest BCUT2D eigenvalue weighted by Crippen LogP contribution is 2.25. The molecule has 0 atom stereocenters. The molecule has 5 heteroatoms. The number of nitrogens with one attached hydrogen (secondary N) is 1. The number of carbonyl (C=O) groups excluding carboxylic acids is 1.